The predicted octanol–water partition coefficient (Wildman–Crippen LogP) is 0.548. The molecular formula is C11H15N3O4. The first-order valence-corrected chi connectivity index (χ1v) is 5.86. The SMILES string of the molecule is CCCc1nnc(N2CC(C(=O)OC)CC2=O)o1. The number of nitrogens with zero attached hydrogens (tertiary/aromatic N) is 3. The zero-order chi connectivity index (χ0) is 13.1. The molecule has 1 unspecified atom stereocenters. The molecule has 2 rings (SSSR count). The number of hydrogen-bond acceptors (Lipinski definition) is 6. The Hall–Kier alpha value is -1.92. The number of esters is 1. The largest absolute Gasteiger partial charge is 0.469 e. The van der Waals surface area contributed by atoms with Crippen molar-refractivity contribution in [1.82, 2.24) is 10.2 Å². The van der Waals surface area contributed by atoms with Crippen LogP contribution in [0.2, 0.25) is 0 Å². The number of carbonyl (C=O) groups is 2. The molecule has 0 N–H and O–H groups in total. The fraction of sp³-hybridized carbons (Fsp3) is 0.636. The molecule has 98 valence electrons. The van der Waals surface area contributed by atoms with Gasteiger partial charge in [-0.2, -0.15) is 0 Å². The Morgan fingerprint density at radius 3 is 3.00 bits per heavy atom. The average Bonchev–Trinajstić information content (AvgIpc) is 2.95. The Bertz CT molecular complexity index is 457. The summed E-state index contributed by atoms with van der Waals surface area (Å²) in [6, 6.07) is 0.162. The molecule has 18 heavy (non-hydrogen) atoms. The molecular weight excluding hydrogens is 238 g/mol. The second-order valence-corrected chi connectivity index (χ2v) is 4.16. The fourth-order valence-corrected chi connectivity index (χ4v) is 1.89. The van der Waals surface area contributed by atoms with E-state index >= 15 is 0 Å². The number of ether oxygens (including phenoxy) is 1. The predicted molar refractivity (Wildman–Crippen MR) is 60.8 cm³/mol. The zero-order valence-electron chi connectivity index (χ0n) is 10.4. The minimum Gasteiger partial charge on any atom is -0.469 e. The van der Waals surface area contributed by atoms with E-state index in [9.17, 15) is 9.59 Å². The van der Waals surface area contributed by atoms with Crippen LogP contribution in [0.5, 0.6) is 0 Å². The molecule has 0 aromatic carbocycles. The Kier molecular flexibility index (Phi) is 3.59. The summed E-state index contributed by atoms with van der Waals surface area (Å²) in [5.74, 6) is -0.540. The first-order chi connectivity index (χ1) is 8.65. The molecule has 1 aliphatic heterocycles. The Morgan fingerprint density at radius 2 is 2.33 bits per heavy atom. The van der Waals surface area contributed by atoms with Crippen molar-refractivity contribution in [3.8, 4) is 0 Å². The molecule has 0 aliphatic carbocycles. The third-order valence-electron chi connectivity index (χ3n) is 2.81. The third-order valence-corrected chi connectivity index (χ3v) is 2.81. The van der Waals surface area contributed by atoms with E-state index in [-0.39, 0.29) is 30.9 Å². The number of methoxy groups -OCH3 is 1. The van der Waals surface area contributed by atoms with Gasteiger partial charge in [0.05, 0.1) is 13.0 Å². The maximum absolute atomic E-state index is 11.8. The van der Waals surface area contributed by atoms with Crippen LogP contribution in [0.25, 0.3) is 0 Å². The van der Waals surface area contributed by atoms with Gasteiger partial charge in [0.15, 0.2) is 0 Å². The van der Waals surface area contributed by atoms with Gasteiger partial charge in [0.2, 0.25) is 11.8 Å². The van der Waals surface area contributed by atoms with E-state index in [1.165, 1.54) is 12.0 Å². The van der Waals surface area contributed by atoms with Crippen LogP contribution in [0.15, 0.2) is 4.42 Å². The molecule has 0 spiro atoms. The van der Waals surface area contributed by atoms with E-state index in [0.29, 0.717) is 12.3 Å². The zero-order valence-corrected chi connectivity index (χ0v) is 10.4. The topological polar surface area (TPSA) is 85.5 Å². The first kappa shape index (κ1) is 12.5. The van der Waals surface area contributed by atoms with Crippen LogP contribution in [-0.2, 0) is 20.7 Å². The van der Waals surface area contributed by atoms with Crippen molar-refractivity contribution in [3.05, 3.63) is 5.89 Å². The van der Waals surface area contributed by atoms with Gasteiger partial charge in [-0.05, 0) is 6.42 Å². The van der Waals surface area contributed by atoms with E-state index in [1.54, 1.807) is 0 Å². The summed E-state index contributed by atoms with van der Waals surface area (Å²) in [4.78, 5) is 24.5. The standard InChI is InChI=1S/C11H15N3O4/c1-3-4-8-12-13-11(18-8)14-6-7(5-9(14)15)10(16)17-2/h7H,3-6H2,1-2H3. The molecule has 2 heterocycles. The molecule has 1 aromatic rings. The summed E-state index contributed by atoms with van der Waals surface area (Å²) in [6.45, 7) is 2.23. The van der Waals surface area contributed by atoms with Crippen molar-refractivity contribution < 1.29 is 18.7 Å². The van der Waals surface area contributed by atoms with Gasteiger partial charge in [-0.15, -0.1) is 5.10 Å². The fourth-order valence-electron chi connectivity index (χ4n) is 1.89. The van der Waals surface area contributed by atoms with Crippen LogP contribution in [0, 0.1) is 5.92 Å². The van der Waals surface area contributed by atoms with Gasteiger partial charge < -0.3 is 9.15 Å². The Morgan fingerprint density at radius 1 is 1.56 bits per heavy atom. The molecule has 7 nitrogen and oxygen atoms in total. The molecule has 0 radical (unpaired) electrons. The van der Waals surface area contributed by atoms with Gasteiger partial charge in [-0.25, -0.2) is 0 Å². The lowest BCUT2D eigenvalue weighted by atomic mass is 10.1. The number of anilines is 1. The van der Waals surface area contributed by atoms with Crippen molar-refractivity contribution >= 4 is 17.9 Å². The van der Waals surface area contributed by atoms with Crippen LogP contribution in [0.1, 0.15) is 25.7 Å². The maximum Gasteiger partial charge on any atom is 0.325 e. The summed E-state index contributed by atoms with van der Waals surface area (Å²) in [6.07, 6.45) is 1.69. The van der Waals surface area contributed by atoms with E-state index in [1.807, 2.05) is 6.92 Å². The Labute approximate surface area is 104 Å². The van der Waals surface area contributed by atoms with Gasteiger partial charge in [0.1, 0.15) is 0 Å². The van der Waals surface area contributed by atoms with Crippen LogP contribution in [0.3, 0.4) is 0 Å². The van der Waals surface area contributed by atoms with Crippen LogP contribution in [0.4, 0.5) is 6.01 Å². The summed E-state index contributed by atoms with van der Waals surface area (Å²) in [5, 5.41) is 7.67. The van der Waals surface area contributed by atoms with E-state index < -0.39 is 5.92 Å². The van der Waals surface area contributed by atoms with E-state index in [0.717, 1.165) is 6.42 Å². The molecule has 1 fully saturated rings. The smallest absolute Gasteiger partial charge is 0.325 e. The Balaban J connectivity index is 2.09. The molecule has 1 atom stereocenters. The van der Waals surface area contributed by atoms with E-state index in [2.05, 4.69) is 14.9 Å². The lowest BCUT2D eigenvalue weighted by Gasteiger charge is -2.09. The molecule has 7 heteroatoms. The lowest BCUT2D eigenvalue weighted by molar-refractivity contribution is -0.145. The normalized spacial score (nSPS) is 19.3. The molecule has 1 aromatic heterocycles. The van der Waals surface area contributed by atoms with Gasteiger partial charge in [-0.3, -0.25) is 14.5 Å². The van der Waals surface area contributed by atoms with Crippen LogP contribution >= 0.6 is 0 Å². The molecule has 0 bridgehead atoms. The number of amides is 1. The monoisotopic (exact) mass is 253 g/mol. The van der Waals surface area contributed by atoms with Gasteiger partial charge in [0, 0.05) is 19.4 Å². The van der Waals surface area contributed by atoms with Crippen LogP contribution < -0.4 is 4.90 Å². The van der Waals surface area contributed by atoms with Gasteiger partial charge in [-0.1, -0.05) is 12.0 Å². The molecule has 1 amide bonds. The van der Waals surface area contributed by atoms with Crippen molar-refractivity contribution in [2.75, 3.05) is 18.6 Å². The second kappa shape index (κ2) is 5.16. The van der Waals surface area contributed by atoms with Crippen molar-refractivity contribution in [2.24, 2.45) is 5.92 Å². The average molecular weight is 253 g/mol. The highest BCUT2D eigenvalue weighted by atomic mass is 16.5. The van der Waals surface area contributed by atoms with Gasteiger partial charge >= 0.3 is 12.0 Å². The first-order valence-electron chi connectivity index (χ1n) is 5.86. The summed E-state index contributed by atoms with van der Waals surface area (Å²) in [5.41, 5.74) is 0. The maximum atomic E-state index is 11.8. The third kappa shape index (κ3) is 2.34. The molecule has 1 aliphatic rings. The van der Waals surface area contributed by atoms with Crippen molar-refractivity contribution in [1.29, 1.82) is 0 Å². The lowest BCUT2D eigenvalue weighted by Crippen LogP contribution is -2.26. The highest BCUT2D eigenvalue weighted by Gasteiger charge is 2.38. The summed E-state index contributed by atoms with van der Waals surface area (Å²) >= 11 is 0. The summed E-state index contributed by atoms with van der Waals surface area (Å²) in [7, 11) is 1.31. The second-order valence-electron chi connectivity index (χ2n) is 4.16. The number of aryl methyl sites for hydroxylation is 1. The number of rotatable bonds is 4. The van der Waals surface area contributed by atoms with E-state index in [4.69, 9.17) is 4.42 Å². The highest BCUT2D eigenvalue weighted by Crippen LogP contribution is 2.24. The van der Waals surface area contributed by atoms with Crippen LogP contribution in [-0.4, -0.2) is 35.7 Å². The minimum atomic E-state index is -0.455. The molecule has 1 saturated heterocycles. The highest BCUT2D eigenvalue weighted by molar-refractivity contribution is 5.97. The van der Waals surface area contributed by atoms with Crippen molar-refractivity contribution in [2.45, 2.75) is 26.2 Å². The van der Waals surface area contributed by atoms with Gasteiger partial charge in [0.25, 0.3) is 0 Å². The number of carbonyl (C=O) groups excluding carboxylic acids is 2. The van der Waals surface area contributed by atoms with Crippen molar-refractivity contribution in [3.63, 3.8) is 0 Å². The number of hydrogen-bond donors (Lipinski definition) is 0. The molecule has 0 saturated carbocycles. The quantitative estimate of drug-likeness (QED) is 0.728. The number of aromatic nitrogens is 2. The summed E-state index contributed by atoms with van der Waals surface area (Å²) < 4.78 is 10.00. The minimum absolute atomic E-state index is 0.123.